The molecule has 0 aromatic carbocycles. The van der Waals surface area contributed by atoms with Crippen molar-refractivity contribution in [3.05, 3.63) is 15.6 Å². The maximum Gasteiger partial charge on any atom is 0.0900 e. The van der Waals surface area contributed by atoms with Crippen LogP contribution in [0.25, 0.3) is 0 Å². The molecule has 1 aromatic rings. The fourth-order valence-corrected chi connectivity index (χ4v) is 3.80. The van der Waals surface area contributed by atoms with Crippen LogP contribution in [0.2, 0.25) is 0 Å². The molecule has 1 N–H and O–H groups in total. The average molecular weight is 250 g/mol. The second-order valence-electron chi connectivity index (χ2n) is 5.76. The molecule has 0 spiro atoms. The lowest BCUT2D eigenvalue weighted by molar-refractivity contribution is 0.374. The number of nitrogens with one attached hydrogen (secondary N) is 1. The van der Waals surface area contributed by atoms with Gasteiger partial charge in [-0.25, -0.2) is 4.98 Å². The summed E-state index contributed by atoms with van der Waals surface area (Å²) in [5.74, 6) is 1.93. The van der Waals surface area contributed by atoms with Crippen LogP contribution in [0.15, 0.2) is 0 Å². The summed E-state index contributed by atoms with van der Waals surface area (Å²) < 4.78 is 0. The third-order valence-electron chi connectivity index (χ3n) is 4.05. The number of aromatic nitrogens is 1. The third-order valence-corrected chi connectivity index (χ3v) is 4.95. The van der Waals surface area contributed by atoms with Crippen molar-refractivity contribution in [1.82, 2.24) is 10.3 Å². The van der Waals surface area contributed by atoms with Crippen LogP contribution in [0.5, 0.6) is 0 Å². The van der Waals surface area contributed by atoms with Gasteiger partial charge in [0.15, 0.2) is 0 Å². The van der Waals surface area contributed by atoms with Crippen LogP contribution in [0.4, 0.5) is 0 Å². The highest BCUT2D eigenvalue weighted by Gasteiger charge is 2.42. The van der Waals surface area contributed by atoms with E-state index >= 15 is 0 Å². The number of nitrogens with zero attached hydrogens (tertiary/aromatic N) is 1. The van der Waals surface area contributed by atoms with Crippen molar-refractivity contribution in [3.8, 4) is 0 Å². The predicted molar refractivity (Wildman–Crippen MR) is 72.4 cm³/mol. The average Bonchev–Trinajstić information content (AvgIpc) is 3.13. The molecule has 17 heavy (non-hydrogen) atoms. The smallest absolute Gasteiger partial charge is 0.0900 e. The summed E-state index contributed by atoms with van der Waals surface area (Å²) in [6.07, 6.45) is 5.76. The Labute approximate surface area is 108 Å². The third kappa shape index (κ3) is 2.55. The van der Waals surface area contributed by atoms with E-state index in [0.29, 0.717) is 6.04 Å². The van der Waals surface area contributed by atoms with Crippen molar-refractivity contribution >= 4 is 11.3 Å². The van der Waals surface area contributed by atoms with E-state index in [4.69, 9.17) is 0 Å². The van der Waals surface area contributed by atoms with Crippen LogP contribution >= 0.6 is 11.3 Å². The number of hydrogen-bond acceptors (Lipinski definition) is 3. The normalized spacial score (nSPS) is 22.1. The first-order valence-electron chi connectivity index (χ1n) is 6.85. The lowest BCUT2D eigenvalue weighted by atomic mass is 10.1. The molecule has 3 rings (SSSR count). The minimum absolute atomic E-state index is 0.422. The van der Waals surface area contributed by atoms with Gasteiger partial charge in [0.2, 0.25) is 0 Å². The van der Waals surface area contributed by atoms with Gasteiger partial charge in [0, 0.05) is 17.0 Å². The lowest BCUT2D eigenvalue weighted by Crippen LogP contribution is -2.35. The molecule has 0 bridgehead atoms. The van der Waals surface area contributed by atoms with Crippen molar-refractivity contribution < 1.29 is 0 Å². The monoisotopic (exact) mass is 250 g/mol. The first-order valence-corrected chi connectivity index (χ1v) is 7.66. The van der Waals surface area contributed by atoms with Crippen molar-refractivity contribution in [2.24, 2.45) is 11.8 Å². The van der Waals surface area contributed by atoms with Crippen LogP contribution in [-0.4, -0.2) is 11.0 Å². The van der Waals surface area contributed by atoms with Gasteiger partial charge in [-0.2, -0.15) is 0 Å². The van der Waals surface area contributed by atoms with Crippen LogP contribution in [0.3, 0.4) is 0 Å². The molecule has 0 saturated heterocycles. The Bertz CT molecular complexity index is 392. The molecule has 1 unspecified atom stereocenters. The van der Waals surface area contributed by atoms with Gasteiger partial charge in [-0.05, 0) is 58.3 Å². The SMILES string of the molecule is Cc1nc(C(C)NC(C2CC2)C2CC2)c(C)s1. The molecule has 1 atom stereocenters. The minimum Gasteiger partial charge on any atom is -0.305 e. The summed E-state index contributed by atoms with van der Waals surface area (Å²) in [6, 6.07) is 1.19. The number of thiazole rings is 1. The summed E-state index contributed by atoms with van der Waals surface area (Å²) in [5.41, 5.74) is 1.28. The molecule has 0 radical (unpaired) electrons. The maximum absolute atomic E-state index is 4.68. The molecule has 0 amide bonds. The summed E-state index contributed by atoms with van der Waals surface area (Å²) in [7, 11) is 0. The largest absolute Gasteiger partial charge is 0.305 e. The van der Waals surface area contributed by atoms with Gasteiger partial charge in [-0.15, -0.1) is 11.3 Å². The first-order chi connectivity index (χ1) is 8.15. The molecule has 94 valence electrons. The van der Waals surface area contributed by atoms with Gasteiger partial charge in [0.25, 0.3) is 0 Å². The van der Waals surface area contributed by atoms with E-state index in [-0.39, 0.29) is 0 Å². The second-order valence-corrected chi connectivity index (χ2v) is 7.17. The van der Waals surface area contributed by atoms with Crippen molar-refractivity contribution in [1.29, 1.82) is 0 Å². The van der Waals surface area contributed by atoms with E-state index in [0.717, 1.165) is 17.9 Å². The van der Waals surface area contributed by atoms with E-state index in [9.17, 15) is 0 Å². The zero-order valence-electron chi connectivity index (χ0n) is 11.0. The molecular weight excluding hydrogens is 228 g/mol. The Morgan fingerprint density at radius 3 is 2.18 bits per heavy atom. The van der Waals surface area contributed by atoms with E-state index < -0.39 is 0 Å². The molecule has 2 aliphatic carbocycles. The van der Waals surface area contributed by atoms with Crippen LogP contribution < -0.4 is 5.32 Å². The fraction of sp³-hybridized carbons (Fsp3) is 0.786. The molecule has 1 heterocycles. The van der Waals surface area contributed by atoms with Crippen molar-refractivity contribution in [2.75, 3.05) is 0 Å². The van der Waals surface area contributed by atoms with Crippen LogP contribution in [-0.2, 0) is 0 Å². The number of hydrogen-bond donors (Lipinski definition) is 1. The molecular formula is C14H22N2S. The van der Waals surface area contributed by atoms with E-state index in [1.54, 1.807) is 0 Å². The molecule has 2 saturated carbocycles. The summed E-state index contributed by atoms with van der Waals surface area (Å²) in [5, 5.41) is 5.05. The van der Waals surface area contributed by atoms with Gasteiger partial charge in [0.05, 0.1) is 10.7 Å². The highest BCUT2D eigenvalue weighted by Crippen LogP contribution is 2.45. The number of rotatable bonds is 5. The second kappa shape index (κ2) is 4.36. The fourth-order valence-electron chi connectivity index (χ4n) is 2.88. The zero-order chi connectivity index (χ0) is 12.0. The van der Waals surface area contributed by atoms with Crippen molar-refractivity contribution in [3.63, 3.8) is 0 Å². The van der Waals surface area contributed by atoms with Gasteiger partial charge in [0.1, 0.15) is 0 Å². The Balaban J connectivity index is 1.68. The standard InChI is InChI=1S/C14H22N2S/c1-8(13-9(2)17-10(3)16-13)15-14(11-4-5-11)12-6-7-12/h8,11-12,14-15H,4-7H2,1-3H3. The Morgan fingerprint density at radius 1 is 1.18 bits per heavy atom. The predicted octanol–water partition coefficient (Wildman–Crippen LogP) is 3.60. The van der Waals surface area contributed by atoms with Gasteiger partial charge in [-0.3, -0.25) is 0 Å². The maximum atomic E-state index is 4.68. The van der Waals surface area contributed by atoms with Crippen LogP contribution in [0.1, 0.15) is 54.2 Å². The first kappa shape index (κ1) is 11.7. The Morgan fingerprint density at radius 2 is 1.76 bits per heavy atom. The lowest BCUT2D eigenvalue weighted by Gasteiger charge is -2.22. The summed E-state index contributed by atoms with van der Waals surface area (Å²) in [4.78, 5) is 6.06. The van der Waals surface area contributed by atoms with Gasteiger partial charge in [-0.1, -0.05) is 0 Å². The van der Waals surface area contributed by atoms with Gasteiger partial charge < -0.3 is 5.32 Å². The van der Waals surface area contributed by atoms with E-state index in [2.05, 4.69) is 31.1 Å². The Kier molecular flexibility index (Phi) is 2.99. The molecule has 2 nitrogen and oxygen atoms in total. The van der Waals surface area contributed by atoms with Gasteiger partial charge >= 0.3 is 0 Å². The quantitative estimate of drug-likeness (QED) is 0.863. The molecule has 3 heteroatoms. The minimum atomic E-state index is 0.422. The summed E-state index contributed by atoms with van der Waals surface area (Å²) >= 11 is 1.82. The van der Waals surface area contributed by atoms with E-state index in [1.807, 2.05) is 11.3 Å². The zero-order valence-corrected chi connectivity index (χ0v) is 11.8. The highest BCUT2D eigenvalue weighted by molar-refractivity contribution is 7.11. The topological polar surface area (TPSA) is 24.9 Å². The Hall–Kier alpha value is -0.410. The van der Waals surface area contributed by atoms with Crippen molar-refractivity contribution in [2.45, 2.75) is 58.5 Å². The van der Waals surface area contributed by atoms with E-state index in [1.165, 1.54) is 41.3 Å². The highest BCUT2D eigenvalue weighted by atomic mass is 32.1. The van der Waals surface area contributed by atoms with Crippen LogP contribution in [0, 0.1) is 25.7 Å². The molecule has 2 aliphatic rings. The molecule has 1 aromatic heterocycles. The molecule has 2 fully saturated rings. The summed E-state index contributed by atoms with van der Waals surface area (Å²) in [6.45, 7) is 6.58. The number of aryl methyl sites for hydroxylation is 2. The molecule has 0 aliphatic heterocycles.